The van der Waals surface area contributed by atoms with E-state index in [1.165, 1.54) is 5.69 Å². The predicted octanol–water partition coefficient (Wildman–Crippen LogP) is 0.759. The van der Waals surface area contributed by atoms with Gasteiger partial charge < -0.3 is 14.0 Å². The first-order valence-corrected chi connectivity index (χ1v) is 6.23. The SMILES string of the molecule is Cn1cncc1CN1CCCC2(C1)OCCO2. The molecule has 3 rings (SSSR count). The van der Waals surface area contributed by atoms with Gasteiger partial charge in [-0.1, -0.05) is 0 Å². The molecule has 5 heteroatoms. The largest absolute Gasteiger partial charge is 0.346 e. The van der Waals surface area contributed by atoms with Crippen molar-refractivity contribution in [3.05, 3.63) is 18.2 Å². The van der Waals surface area contributed by atoms with Gasteiger partial charge in [0.2, 0.25) is 0 Å². The summed E-state index contributed by atoms with van der Waals surface area (Å²) in [6.07, 6.45) is 5.93. The van der Waals surface area contributed by atoms with E-state index in [0.29, 0.717) is 0 Å². The van der Waals surface area contributed by atoms with Crippen LogP contribution in [0.1, 0.15) is 18.5 Å². The highest BCUT2D eigenvalue weighted by Gasteiger charge is 2.40. The molecule has 0 unspecified atom stereocenters. The summed E-state index contributed by atoms with van der Waals surface area (Å²) in [5, 5.41) is 0. The summed E-state index contributed by atoms with van der Waals surface area (Å²) in [6, 6.07) is 0. The molecule has 1 spiro atoms. The topological polar surface area (TPSA) is 39.5 Å². The number of aromatic nitrogens is 2. The third-order valence-corrected chi connectivity index (χ3v) is 3.61. The second-order valence-corrected chi connectivity index (χ2v) is 4.92. The number of likely N-dealkylation sites (tertiary alicyclic amines) is 1. The Hall–Kier alpha value is -0.910. The van der Waals surface area contributed by atoms with Gasteiger partial charge in [0, 0.05) is 26.2 Å². The van der Waals surface area contributed by atoms with Gasteiger partial charge in [-0.15, -0.1) is 0 Å². The van der Waals surface area contributed by atoms with Gasteiger partial charge >= 0.3 is 0 Å². The minimum atomic E-state index is -0.323. The quantitative estimate of drug-likeness (QED) is 0.761. The zero-order valence-corrected chi connectivity index (χ0v) is 10.3. The molecule has 3 heterocycles. The van der Waals surface area contributed by atoms with Crippen molar-refractivity contribution in [3.8, 4) is 0 Å². The molecule has 0 N–H and O–H groups in total. The molecular weight excluding hydrogens is 218 g/mol. The normalized spacial score (nSPS) is 24.5. The van der Waals surface area contributed by atoms with Crippen LogP contribution in [0.4, 0.5) is 0 Å². The van der Waals surface area contributed by atoms with Crippen molar-refractivity contribution in [2.45, 2.75) is 25.2 Å². The van der Waals surface area contributed by atoms with Gasteiger partial charge in [-0.05, 0) is 13.0 Å². The zero-order valence-electron chi connectivity index (χ0n) is 10.3. The fraction of sp³-hybridized carbons (Fsp3) is 0.750. The lowest BCUT2D eigenvalue weighted by atomic mass is 10.0. The number of nitrogens with zero attached hydrogens (tertiary/aromatic N) is 3. The lowest BCUT2D eigenvalue weighted by Gasteiger charge is -2.38. The molecule has 2 aliphatic heterocycles. The van der Waals surface area contributed by atoms with E-state index in [-0.39, 0.29) is 5.79 Å². The summed E-state index contributed by atoms with van der Waals surface area (Å²) in [5.74, 6) is -0.323. The Bertz CT molecular complexity index is 385. The number of piperidine rings is 1. The number of aryl methyl sites for hydroxylation is 1. The van der Waals surface area contributed by atoms with Crippen LogP contribution in [0.2, 0.25) is 0 Å². The Morgan fingerprint density at radius 1 is 1.41 bits per heavy atom. The van der Waals surface area contributed by atoms with Crippen LogP contribution >= 0.6 is 0 Å². The molecule has 5 nitrogen and oxygen atoms in total. The van der Waals surface area contributed by atoms with Crippen molar-refractivity contribution in [2.75, 3.05) is 26.3 Å². The number of hydrogen-bond acceptors (Lipinski definition) is 4. The summed E-state index contributed by atoms with van der Waals surface area (Å²) in [4.78, 5) is 6.54. The van der Waals surface area contributed by atoms with Gasteiger partial charge in [-0.25, -0.2) is 4.98 Å². The van der Waals surface area contributed by atoms with Crippen molar-refractivity contribution in [3.63, 3.8) is 0 Å². The highest BCUT2D eigenvalue weighted by atomic mass is 16.7. The summed E-state index contributed by atoms with van der Waals surface area (Å²) in [7, 11) is 2.03. The fourth-order valence-electron chi connectivity index (χ4n) is 2.70. The minimum absolute atomic E-state index is 0.323. The molecule has 0 amide bonds. The van der Waals surface area contributed by atoms with Gasteiger partial charge in [0.15, 0.2) is 5.79 Å². The van der Waals surface area contributed by atoms with E-state index in [0.717, 1.165) is 45.7 Å². The van der Waals surface area contributed by atoms with E-state index in [1.54, 1.807) is 0 Å². The van der Waals surface area contributed by atoms with E-state index in [2.05, 4.69) is 14.5 Å². The molecular formula is C12H19N3O2. The Kier molecular flexibility index (Phi) is 2.90. The molecule has 0 atom stereocenters. The Morgan fingerprint density at radius 3 is 2.94 bits per heavy atom. The van der Waals surface area contributed by atoms with Crippen molar-refractivity contribution >= 4 is 0 Å². The van der Waals surface area contributed by atoms with Crippen LogP contribution in [0.15, 0.2) is 12.5 Å². The molecule has 17 heavy (non-hydrogen) atoms. The smallest absolute Gasteiger partial charge is 0.181 e. The Balaban J connectivity index is 1.66. The first kappa shape index (κ1) is 11.2. The first-order chi connectivity index (χ1) is 8.27. The van der Waals surface area contributed by atoms with Crippen LogP contribution in [0.5, 0.6) is 0 Å². The molecule has 0 aromatic carbocycles. The number of imidazole rings is 1. The summed E-state index contributed by atoms with van der Waals surface area (Å²) >= 11 is 0. The molecule has 0 saturated carbocycles. The van der Waals surface area contributed by atoms with Crippen LogP contribution in [-0.4, -0.2) is 46.5 Å². The third kappa shape index (κ3) is 2.22. The second-order valence-electron chi connectivity index (χ2n) is 4.92. The van der Waals surface area contributed by atoms with Gasteiger partial charge in [-0.2, -0.15) is 0 Å². The highest BCUT2D eigenvalue weighted by molar-refractivity contribution is 4.98. The second kappa shape index (κ2) is 4.40. The van der Waals surface area contributed by atoms with E-state index in [4.69, 9.17) is 9.47 Å². The molecule has 0 aliphatic carbocycles. The van der Waals surface area contributed by atoms with Crippen LogP contribution in [0, 0.1) is 0 Å². The monoisotopic (exact) mass is 237 g/mol. The lowest BCUT2D eigenvalue weighted by Crippen LogP contribution is -2.48. The number of ether oxygens (including phenoxy) is 2. The van der Waals surface area contributed by atoms with E-state index in [9.17, 15) is 0 Å². The standard InChI is InChI=1S/C12H19N3O2/c1-14-10-13-7-11(14)8-15-4-2-3-12(9-15)16-5-6-17-12/h7,10H,2-6,8-9H2,1H3. The van der Waals surface area contributed by atoms with Crippen LogP contribution in [0.25, 0.3) is 0 Å². The van der Waals surface area contributed by atoms with Crippen molar-refractivity contribution in [1.29, 1.82) is 0 Å². The summed E-state index contributed by atoms with van der Waals surface area (Å²) in [6.45, 7) is 4.38. The molecule has 94 valence electrons. The lowest BCUT2D eigenvalue weighted by molar-refractivity contribution is -0.190. The van der Waals surface area contributed by atoms with Crippen LogP contribution in [-0.2, 0) is 23.1 Å². The van der Waals surface area contributed by atoms with Crippen LogP contribution in [0.3, 0.4) is 0 Å². The summed E-state index contributed by atoms with van der Waals surface area (Å²) < 4.78 is 13.6. The molecule has 2 aliphatic rings. The highest BCUT2D eigenvalue weighted by Crippen LogP contribution is 2.30. The maximum Gasteiger partial charge on any atom is 0.181 e. The molecule has 1 aromatic rings. The van der Waals surface area contributed by atoms with E-state index in [1.807, 2.05) is 19.6 Å². The molecule has 2 saturated heterocycles. The zero-order chi connectivity index (χ0) is 11.7. The van der Waals surface area contributed by atoms with Gasteiger partial charge in [0.25, 0.3) is 0 Å². The third-order valence-electron chi connectivity index (χ3n) is 3.61. The molecule has 2 fully saturated rings. The molecule has 1 aromatic heterocycles. The number of hydrogen-bond donors (Lipinski definition) is 0. The molecule has 0 radical (unpaired) electrons. The van der Waals surface area contributed by atoms with Crippen molar-refractivity contribution in [2.24, 2.45) is 7.05 Å². The van der Waals surface area contributed by atoms with Gasteiger partial charge in [0.05, 0.1) is 31.8 Å². The maximum absolute atomic E-state index is 5.77. The first-order valence-electron chi connectivity index (χ1n) is 6.23. The van der Waals surface area contributed by atoms with E-state index >= 15 is 0 Å². The Morgan fingerprint density at radius 2 is 2.24 bits per heavy atom. The van der Waals surface area contributed by atoms with Crippen molar-refractivity contribution in [1.82, 2.24) is 14.5 Å². The fourth-order valence-corrected chi connectivity index (χ4v) is 2.70. The number of rotatable bonds is 2. The van der Waals surface area contributed by atoms with Crippen molar-refractivity contribution < 1.29 is 9.47 Å². The Labute approximate surface area is 101 Å². The predicted molar refractivity (Wildman–Crippen MR) is 62.4 cm³/mol. The van der Waals surface area contributed by atoms with Crippen LogP contribution < -0.4 is 0 Å². The van der Waals surface area contributed by atoms with Gasteiger partial charge in [-0.3, -0.25) is 4.90 Å². The maximum atomic E-state index is 5.77. The molecule has 0 bridgehead atoms. The van der Waals surface area contributed by atoms with E-state index < -0.39 is 0 Å². The average Bonchev–Trinajstić information content (AvgIpc) is 2.91. The summed E-state index contributed by atoms with van der Waals surface area (Å²) in [5.41, 5.74) is 1.24. The van der Waals surface area contributed by atoms with Gasteiger partial charge in [0.1, 0.15) is 0 Å². The average molecular weight is 237 g/mol. The minimum Gasteiger partial charge on any atom is -0.346 e.